The molecule has 3 aliphatic rings. The van der Waals surface area contributed by atoms with E-state index in [0.29, 0.717) is 32.4 Å². The molecule has 3 saturated heterocycles. The van der Waals surface area contributed by atoms with Crippen molar-refractivity contribution < 1.29 is 76.8 Å². The smallest absolute Gasteiger partial charge is 0.309 e. The minimum atomic E-state index is -1.44. The van der Waals surface area contributed by atoms with Crippen molar-refractivity contribution in [1.82, 2.24) is 14.8 Å². The topological polar surface area (TPSA) is 228 Å². The fraction of sp³-hybridized carbons (Fsp3) is 0.704. The number of carbonyl (C=O) groups is 5. The number of nitrogens with zero attached hydrogens (tertiary/aromatic N) is 3. The van der Waals surface area contributed by atoms with Crippen LogP contribution in [0.15, 0.2) is 42.6 Å². The maximum absolute atomic E-state index is 14.2. The molecule has 4 heterocycles. The van der Waals surface area contributed by atoms with Gasteiger partial charge in [0.25, 0.3) is 0 Å². The summed E-state index contributed by atoms with van der Waals surface area (Å²) in [4.78, 5) is 73.3. The molecular weight excluding hydrogens is 947 g/mol. The zero-order valence-corrected chi connectivity index (χ0v) is 44.6. The van der Waals surface area contributed by atoms with E-state index >= 15 is 0 Å². The Labute approximate surface area is 430 Å². The monoisotopic (exact) mass is 1030 g/mol. The van der Waals surface area contributed by atoms with Crippen LogP contribution >= 0.6 is 0 Å². The first-order chi connectivity index (χ1) is 34.7. The molecule has 0 spiro atoms. The number of cyclic esters (lactones) is 1. The van der Waals surface area contributed by atoms with Gasteiger partial charge in [-0.05, 0) is 97.3 Å². The summed E-state index contributed by atoms with van der Waals surface area (Å²) in [6.45, 7) is 12.4. The number of fused-ring (bicyclic) bond motifs is 1. The Morgan fingerprint density at radius 1 is 0.973 bits per heavy atom. The highest BCUT2D eigenvalue weighted by molar-refractivity contribution is 5.80. The van der Waals surface area contributed by atoms with Crippen molar-refractivity contribution >= 4 is 47.1 Å². The van der Waals surface area contributed by atoms with Crippen molar-refractivity contribution in [3.8, 4) is 0 Å². The number of aldehydes is 1. The summed E-state index contributed by atoms with van der Waals surface area (Å²) in [6.07, 6.45) is -4.68. The third-order valence-corrected chi connectivity index (χ3v) is 14.1. The number of β-amino-alcohol motifs (C(OH)–C–C–N with tert-alkyl or cyclic N) is 1. The third kappa shape index (κ3) is 16.5. The van der Waals surface area contributed by atoms with E-state index in [1.807, 2.05) is 61.4 Å². The third-order valence-electron chi connectivity index (χ3n) is 14.1. The number of likely N-dealkylation sites (N-methyl/N-ethyl adjacent to an activating group) is 2. The molecule has 2 N–H and O–H groups in total. The van der Waals surface area contributed by atoms with Crippen LogP contribution in [0.1, 0.15) is 112 Å². The molecule has 19 nitrogen and oxygen atoms in total. The number of benzene rings is 1. The van der Waals surface area contributed by atoms with Crippen LogP contribution in [0.25, 0.3) is 17.0 Å². The molecule has 5 rings (SSSR count). The highest BCUT2D eigenvalue weighted by Gasteiger charge is 2.54. The summed E-state index contributed by atoms with van der Waals surface area (Å²) in [5.74, 6) is -3.46. The normalized spacial score (nSPS) is 34.5. The van der Waals surface area contributed by atoms with Gasteiger partial charge in [-0.1, -0.05) is 51.1 Å². The first-order valence-electron chi connectivity index (χ1n) is 25.8. The van der Waals surface area contributed by atoms with Crippen LogP contribution in [0.5, 0.6) is 0 Å². The molecule has 16 atom stereocenters. The lowest BCUT2D eigenvalue weighted by atomic mass is 9.82. The van der Waals surface area contributed by atoms with Crippen molar-refractivity contribution in [2.45, 2.75) is 192 Å². The number of aromatic nitrogens is 1. The van der Waals surface area contributed by atoms with Crippen molar-refractivity contribution in [1.29, 1.82) is 0 Å². The van der Waals surface area contributed by atoms with Gasteiger partial charge in [-0.3, -0.25) is 24.2 Å². The van der Waals surface area contributed by atoms with E-state index in [2.05, 4.69) is 4.98 Å². The quantitative estimate of drug-likeness (QED) is 0.125. The minimum Gasteiger partial charge on any atom is -0.462 e. The molecule has 0 saturated carbocycles. The lowest BCUT2D eigenvalue weighted by Crippen LogP contribution is -2.66. The van der Waals surface area contributed by atoms with Gasteiger partial charge in [-0.2, -0.15) is 0 Å². The highest BCUT2D eigenvalue weighted by atomic mass is 16.7. The Hall–Kier alpha value is -4.44. The molecule has 73 heavy (non-hydrogen) atoms. The van der Waals surface area contributed by atoms with Gasteiger partial charge in [0.2, 0.25) is 0 Å². The number of rotatable bonds is 16. The zero-order chi connectivity index (χ0) is 53.6. The SMILES string of the molecule is CCC(=O)O[C@@H]1CC(=O)O[C@@H](C/C=C\c2cnc3ccccc3c2)CCCN(C)C[C@H](O)[C@H](C)C[C@H](CC=O)[C@H](O[C@@H]2OC(C)[C@H](O[C@H]3CC(C)(OC(C)=O)[C@@H](OC(=O)CC)C(C)O3)C(N(C)C)C2O)[C@H]1OC. The average molecular weight is 1030 g/mol. The van der Waals surface area contributed by atoms with Crippen molar-refractivity contribution in [2.75, 3.05) is 41.3 Å². The standard InChI is InChI=1S/C54H81N3O16/c1-12-43(61)69-42-28-45(63)68-39(20-16-18-36-27-37-19-14-15-22-40(37)55-30-36)21-17-24-57(10)31-41(60)32(3)26-38(23-25-58)50(51(42)65-11)72-53-48(64)47(56(8)9)49(33(4)67-53)71-46-29-54(7,73-35(6)59)52(34(5)66-46)70-44(62)13-2/h14-16,18-19,22,25,27,30,32-34,38-39,41-42,46-53,60,64H,12-13,17,20-21,23-24,26,28-29,31H2,1-11H3/b18-16-/t32-,33?,34?,38+,39+,41+,42-,46+,47?,48?,49+,50+,51+,52+,53+,54?/m1/s1. The molecule has 0 radical (unpaired) electrons. The Balaban J connectivity index is 1.46. The molecule has 0 bridgehead atoms. The number of hydrogen-bond donors (Lipinski definition) is 2. The summed E-state index contributed by atoms with van der Waals surface area (Å²) in [5.41, 5.74) is 0.430. The highest BCUT2D eigenvalue weighted by Crippen LogP contribution is 2.39. The van der Waals surface area contributed by atoms with E-state index in [9.17, 15) is 34.2 Å². The summed E-state index contributed by atoms with van der Waals surface area (Å²) in [5, 5.41) is 25.0. The molecule has 1 aromatic heterocycles. The van der Waals surface area contributed by atoms with Gasteiger partial charge >= 0.3 is 23.9 Å². The number of pyridine rings is 1. The van der Waals surface area contributed by atoms with Crippen LogP contribution in [0.3, 0.4) is 0 Å². The molecule has 19 heteroatoms. The number of hydrogen-bond acceptors (Lipinski definition) is 19. The van der Waals surface area contributed by atoms with E-state index in [1.165, 1.54) is 14.0 Å². The molecule has 1 aromatic carbocycles. The Morgan fingerprint density at radius 2 is 1.68 bits per heavy atom. The second-order valence-electron chi connectivity index (χ2n) is 20.3. The van der Waals surface area contributed by atoms with Crippen LogP contribution < -0.4 is 0 Å². The number of para-hydroxylation sites is 1. The molecule has 408 valence electrons. The Bertz CT molecular complexity index is 2140. The maximum atomic E-state index is 14.2. The van der Waals surface area contributed by atoms with Crippen molar-refractivity contribution in [3.63, 3.8) is 0 Å². The number of ether oxygens (including phenoxy) is 9. The predicted octanol–water partition coefficient (Wildman–Crippen LogP) is 5.18. The van der Waals surface area contributed by atoms with Gasteiger partial charge in [0.05, 0.1) is 42.4 Å². The summed E-state index contributed by atoms with van der Waals surface area (Å²) < 4.78 is 56.1. The number of methoxy groups -OCH3 is 1. The van der Waals surface area contributed by atoms with E-state index in [-0.39, 0.29) is 32.1 Å². The number of carbonyl (C=O) groups excluding carboxylic acids is 5. The Morgan fingerprint density at radius 3 is 2.36 bits per heavy atom. The summed E-state index contributed by atoms with van der Waals surface area (Å²) in [6, 6.07) is 9.02. The van der Waals surface area contributed by atoms with E-state index in [1.54, 1.807) is 59.8 Å². The van der Waals surface area contributed by atoms with Gasteiger partial charge in [-0.15, -0.1) is 0 Å². The summed E-state index contributed by atoms with van der Waals surface area (Å²) >= 11 is 0. The fourth-order valence-electron chi connectivity index (χ4n) is 10.4. The van der Waals surface area contributed by atoms with Gasteiger partial charge in [-0.25, -0.2) is 0 Å². The lowest BCUT2D eigenvalue weighted by Gasteiger charge is -2.50. The average Bonchev–Trinajstić information content (AvgIpc) is 3.32. The molecule has 3 aliphatic heterocycles. The van der Waals surface area contributed by atoms with E-state index < -0.39 is 127 Å². The molecule has 2 aromatic rings. The van der Waals surface area contributed by atoms with Crippen molar-refractivity contribution in [3.05, 3.63) is 48.2 Å². The second kappa shape index (κ2) is 27.9. The second-order valence-corrected chi connectivity index (χ2v) is 20.3. The molecule has 0 amide bonds. The number of aliphatic hydroxyl groups excluding tert-OH is 2. The lowest BCUT2D eigenvalue weighted by molar-refractivity contribution is -0.344. The minimum absolute atomic E-state index is 0.0243. The van der Waals surface area contributed by atoms with Crippen molar-refractivity contribution in [2.24, 2.45) is 11.8 Å². The van der Waals surface area contributed by atoms with Gasteiger partial charge in [0.1, 0.15) is 36.8 Å². The zero-order valence-electron chi connectivity index (χ0n) is 44.6. The fourth-order valence-corrected chi connectivity index (χ4v) is 10.4. The molecular formula is C54H81N3O16. The van der Waals surface area contributed by atoms with Gasteiger partial charge in [0.15, 0.2) is 24.3 Å². The Kier molecular flexibility index (Phi) is 22.7. The van der Waals surface area contributed by atoms with Crippen LogP contribution in [0.4, 0.5) is 0 Å². The van der Waals surface area contributed by atoms with Gasteiger partial charge in [0, 0.05) is 64.3 Å². The van der Waals surface area contributed by atoms with Crippen LogP contribution in [0.2, 0.25) is 0 Å². The first-order valence-corrected chi connectivity index (χ1v) is 25.8. The summed E-state index contributed by atoms with van der Waals surface area (Å²) in [7, 11) is 6.80. The van der Waals surface area contributed by atoms with Crippen LogP contribution in [-0.4, -0.2) is 182 Å². The number of aliphatic hydroxyl groups is 2. The van der Waals surface area contributed by atoms with Crippen LogP contribution in [0, 0.1) is 11.8 Å². The predicted molar refractivity (Wildman–Crippen MR) is 268 cm³/mol. The molecule has 0 aliphatic carbocycles. The van der Waals surface area contributed by atoms with E-state index in [0.717, 1.165) is 22.8 Å². The van der Waals surface area contributed by atoms with Gasteiger partial charge < -0.3 is 67.4 Å². The molecule has 5 unspecified atom stereocenters. The molecule has 3 fully saturated rings. The van der Waals surface area contributed by atoms with E-state index in [4.69, 9.17) is 42.6 Å². The number of esters is 4. The van der Waals surface area contributed by atoms with Crippen LogP contribution in [-0.2, 0) is 66.6 Å². The first kappa shape index (κ1) is 59.4. The maximum Gasteiger partial charge on any atom is 0.309 e. The largest absolute Gasteiger partial charge is 0.462 e.